The van der Waals surface area contributed by atoms with Crippen LogP contribution in [0.15, 0.2) is 72.3 Å². The van der Waals surface area contributed by atoms with Crippen molar-refractivity contribution >= 4 is 44.1 Å². The number of anilines is 1. The minimum atomic E-state index is -1.00. The monoisotopic (exact) mass is 516 g/mol. The largest absolute Gasteiger partial charge is 0.508 e. The summed E-state index contributed by atoms with van der Waals surface area (Å²) in [6.07, 6.45) is 0. The molecule has 1 fully saturated rings. The number of phenolic OH excluding ortho intramolecular Hbond substituents is 1. The van der Waals surface area contributed by atoms with E-state index in [-0.39, 0.29) is 17.1 Å². The highest BCUT2D eigenvalue weighted by Gasteiger charge is 2.48. The lowest BCUT2D eigenvalue weighted by molar-refractivity contribution is -0.132. The molecular weight excluding hydrogens is 492 g/mol. The van der Waals surface area contributed by atoms with Gasteiger partial charge in [-0.3, -0.25) is 14.5 Å². The van der Waals surface area contributed by atoms with Crippen LogP contribution < -0.4 is 14.4 Å². The molecule has 2 heterocycles. The van der Waals surface area contributed by atoms with Gasteiger partial charge in [-0.1, -0.05) is 35.6 Å². The Morgan fingerprint density at radius 3 is 2.43 bits per heavy atom. The molecule has 0 bridgehead atoms. The summed E-state index contributed by atoms with van der Waals surface area (Å²) in [6.45, 7) is 4.67. The number of aromatic hydroxyl groups is 1. The highest BCUT2D eigenvalue weighted by molar-refractivity contribution is 7.22. The predicted octanol–water partition coefficient (Wildman–Crippen LogP) is 5.43. The number of amides is 1. The summed E-state index contributed by atoms with van der Waals surface area (Å²) in [7, 11) is 0. The number of ether oxygens (including phenoxy) is 2. The second kappa shape index (κ2) is 9.94. The zero-order valence-electron chi connectivity index (χ0n) is 20.2. The van der Waals surface area contributed by atoms with E-state index >= 15 is 0 Å². The molecule has 1 unspecified atom stereocenters. The van der Waals surface area contributed by atoms with Crippen LogP contribution >= 0.6 is 11.3 Å². The molecule has 2 N–H and O–H groups in total. The lowest BCUT2D eigenvalue weighted by Crippen LogP contribution is -2.29. The number of hydrogen-bond donors (Lipinski definition) is 2. The van der Waals surface area contributed by atoms with E-state index in [0.717, 1.165) is 4.70 Å². The minimum Gasteiger partial charge on any atom is -0.508 e. The van der Waals surface area contributed by atoms with Crippen molar-refractivity contribution in [3.05, 3.63) is 83.4 Å². The van der Waals surface area contributed by atoms with E-state index < -0.39 is 17.7 Å². The molecule has 0 saturated carbocycles. The van der Waals surface area contributed by atoms with Crippen LogP contribution in [0.3, 0.4) is 0 Å². The van der Waals surface area contributed by atoms with Gasteiger partial charge < -0.3 is 19.7 Å². The van der Waals surface area contributed by atoms with Gasteiger partial charge in [-0.2, -0.15) is 0 Å². The summed E-state index contributed by atoms with van der Waals surface area (Å²) >= 11 is 1.24. The number of fused-ring (bicyclic) bond motifs is 1. The van der Waals surface area contributed by atoms with Gasteiger partial charge in [-0.25, -0.2) is 4.98 Å². The number of aliphatic hydroxyl groups excluding tert-OH is 1. The normalized spacial score (nSPS) is 16.9. The van der Waals surface area contributed by atoms with E-state index in [0.29, 0.717) is 46.5 Å². The number of benzene rings is 3. The molecule has 1 aliphatic rings. The average Bonchev–Trinajstić information content (AvgIpc) is 3.42. The molecule has 0 radical (unpaired) electrons. The molecule has 4 aromatic rings. The number of aromatic nitrogens is 1. The van der Waals surface area contributed by atoms with Crippen LogP contribution in [0, 0.1) is 0 Å². The maximum atomic E-state index is 13.4. The number of thiazole rings is 1. The number of hydrogen-bond acceptors (Lipinski definition) is 8. The first-order chi connectivity index (χ1) is 17.9. The first kappa shape index (κ1) is 24.3. The number of nitrogens with zero attached hydrogens (tertiary/aromatic N) is 2. The maximum absolute atomic E-state index is 13.4. The Bertz CT molecular complexity index is 1540. The van der Waals surface area contributed by atoms with E-state index in [1.807, 2.05) is 19.9 Å². The van der Waals surface area contributed by atoms with Crippen LogP contribution in [0.1, 0.15) is 31.0 Å². The van der Waals surface area contributed by atoms with E-state index in [1.54, 1.807) is 48.5 Å². The van der Waals surface area contributed by atoms with Crippen LogP contribution in [0.5, 0.6) is 17.2 Å². The third-order valence-electron chi connectivity index (χ3n) is 5.91. The Morgan fingerprint density at radius 1 is 0.973 bits per heavy atom. The van der Waals surface area contributed by atoms with Gasteiger partial charge in [0.2, 0.25) is 0 Å². The van der Waals surface area contributed by atoms with Crippen molar-refractivity contribution in [2.45, 2.75) is 19.9 Å². The van der Waals surface area contributed by atoms with Crippen LogP contribution in [-0.4, -0.2) is 40.1 Å². The molecule has 188 valence electrons. The molecule has 8 nitrogen and oxygen atoms in total. The molecule has 1 aliphatic heterocycles. The molecule has 1 amide bonds. The van der Waals surface area contributed by atoms with Gasteiger partial charge in [-0.05, 0) is 61.9 Å². The first-order valence-corrected chi connectivity index (χ1v) is 12.6. The fraction of sp³-hybridized carbons (Fsp3) is 0.179. The molecule has 5 rings (SSSR count). The number of Topliss-reactive ketones (excluding diaryl/α,β-unsaturated/α-hetero) is 1. The van der Waals surface area contributed by atoms with Crippen molar-refractivity contribution in [1.82, 2.24) is 4.98 Å². The van der Waals surface area contributed by atoms with E-state index in [1.165, 1.54) is 28.4 Å². The number of rotatable bonds is 7. The van der Waals surface area contributed by atoms with Crippen molar-refractivity contribution in [1.29, 1.82) is 0 Å². The van der Waals surface area contributed by atoms with E-state index in [4.69, 9.17) is 9.47 Å². The fourth-order valence-electron chi connectivity index (χ4n) is 4.35. The van der Waals surface area contributed by atoms with E-state index in [2.05, 4.69) is 4.98 Å². The highest BCUT2D eigenvalue weighted by atomic mass is 32.1. The topological polar surface area (TPSA) is 109 Å². The molecule has 37 heavy (non-hydrogen) atoms. The smallest absolute Gasteiger partial charge is 0.301 e. The third kappa shape index (κ3) is 4.49. The van der Waals surface area contributed by atoms with Gasteiger partial charge in [0.25, 0.3) is 5.78 Å². The molecule has 3 aromatic carbocycles. The second-order valence-electron chi connectivity index (χ2n) is 8.28. The van der Waals surface area contributed by atoms with Crippen LogP contribution in [0.4, 0.5) is 5.13 Å². The van der Waals surface area contributed by atoms with Crippen LogP contribution in [0.2, 0.25) is 0 Å². The maximum Gasteiger partial charge on any atom is 0.301 e. The van der Waals surface area contributed by atoms with Gasteiger partial charge in [0.15, 0.2) is 5.13 Å². The third-order valence-corrected chi connectivity index (χ3v) is 6.93. The average molecular weight is 517 g/mol. The zero-order valence-corrected chi connectivity index (χ0v) is 21.0. The van der Waals surface area contributed by atoms with Crippen molar-refractivity contribution in [2.75, 3.05) is 18.1 Å². The highest BCUT2D eigenvalue weighted by Crippen LogP contribution is 2.45. The predicted molar refractivity (Wildman–Crippen MR) is 141 cm³/mol. The first-order valence-electron chi connectivity index (χ1n) is 11.8. The SMILES string of the molecule is CCOc1cccc(/C(O)=C2\C(=O)C(=O)N(c3nc4ccc(OCC)cc4s3)C2c2cccc(O)c2)c1. The second-order valence-corrected chi connectivity index (χ2v) is 9.29. The van der Waals surface area contributed by atoms with Gasteiger partial charge in [0, 0.05) is 5.56 Å². The lowest BCUT2D eigenvalue weighted by atomic mass is 9.95. The Hall–Kier alpha value is -4.37. The summed E-state index contributed by atoms with van der Waals surface area (Å²) in [5, 5.41) is 21.8. The summed E-state index contributed by atoms with van der Waals surface area (Å²) in [6, 6.07) is 17.4. The summed E-state index contributed by atoms with van der Waals surface area (Å²) in [4.78, 5) is 32.7. The molecule has 0 spiro atoms. The van der Waals surface area contributed by atoms with Crippen LogP contribution in [0.25, 0.3) is 16.0 Å². The van der Waals surface area contributed by atoms with Crippen molar-refractivity contribution in [2.24, 2.45) is 0 Å². The number of ketones is 1. The summed E-state index contributed by atoms with van der Waals surface area (Å²) < 4.78 is 11.9. The van der Waals surface area contributed by atoms with E-state index in [9.17, 15) is 19.8 Å². The van der Waals surface area contributed by atoms with Gasteiger partial charge in [0.1, 0.15) is 23.0 Å². The number of phenols is 1. The zero-order chi connectivity index (χ0) is 26.1. The Kier molecular flexibility index (Phi) is 6.54. The lowest BCUT2D eigenvalue weighted by Gasteiger charge is -2.23. The van der Waals surface area contributed by atoms with Crippen molar-refractivity contribution in [3.8, 4) is 17.2 Å². The van der Waals surface area contributed by atoms with Crippen molar-refractivity contribution < 1.29 is 29.3 Å². The number of carbonyl (C=O) groups is 2. The number of carbonyl (C=O) groups excluding carboxylic acids is 2. The molecule has 1 aromatic heterocycles. The molecule has 1 atom stereocenters. The number of aliphatic hydroxyl groups is 1. The summed E-state index contributed by atoms with van der Waals surface area (Å²) in [5.74, 6) is -0.846. The molecule has 1 saturated heterocycles. The molecular formula is C28H24N2O6S. The van der Waals surface area contributed by atoms with Crippen molar-refractivity contribution in [3.63, 3.8) is 0 Å². The molecule has 9 heteroatoms. The minimum absolute atomic E-state index is 0.0351. The quantitative estimate of drug-likeness (QED) is 0.192. The molecule has 0 aliphatic carbocycles. The Balaban J connectivity index is 1.68. The Morgan fingerprint density at radius 2 is 1.70 bits per heavy atom. The van der Waals surface area contributed by atoms with Gasteiger partial charge in [-0.15, -0.1) is 0 Å². The van der Waals surface area contributed by atoms with Gasteiger partial charge in [0.05, 0.1) is 35.0 Å². The standard InChI is InChI=1S/C28H24N2O6S/c1-3-35-19-10-6-8-17(14-19)25(32)23-24(16-7-5-9-18(31)13-16)30(27(34)26(23)33)28-29-21-12-11-20(36-4-2)15-22(21)37-28/h5-15,24,31-32H,3-4H2,1-2H3/b25-23+. The fourth-order valence-corrected chi connectivity index (χ4v) is 5.37. The summed E-state index contributed by atoms with van der Waals surface area (Å²) in [5.41, 5.74) is 1.33. The van der Waals surface area contributed by atoms with Crippen LogP contribution in [-0.2, 0) is 9.59 Å². The van der Waals surface area contributed by atoms with Gasteiger partial charge >= 0.3 is 5.91 Å². The Labute approximate surface area is 217 Å².